The molecule has 0 spiro atoms. The number of hydrogen-bond acceptors (Lipinski definition) is 3. The standard InChI is InChI=1S/C21H24N2O3/c1-21(2,3)15-11-9-14(10-12-15)19(24)22-13-18-20(25)23(4)16-7-5-6-8-17(16)26-18/h5-12,18H,13H2,1-4H3,(H,22,24). The highest BCUT2D eigenvalue weighted by Gasteiger charge is 2.32. The lowest BCUT2D eigenvalue weighted by Crippen LogP contribution is -2.49. The Hall–Kier alpha value is -2.82. The van der Waals surface area contributed by atoms with Gasteiger partial charge in [-0.2, -0.15) is 0 Å². The van der Waals surface area contributed by atoms with Crippen molar-refractivity contribution in [2.45, 2.75) is 32.3 Å². The molecule has 0 saturated heterocycles. The van der Waals surface area contributed by atoms with Gasteiger partial charge >= 0.3 is 0 Å². The molecular weight excluding hydrogens is 328 g/mol. The molecule has 1 aliphatic rings. The van der Waals surface area contributed by atoms with E-state index in [0.29, 0.717) is 11.3 Å². The maximum atomic E-state index is 12.4. The number of nitrogens with zero attached hydrogens (tertiary/aromatic N) is 1. The molecule has 1 N–H and O–H groups in total. The molecule has 0 radical (unpaired) electrons. The molecule has 0 fully saturated rings. The summed E-state index contributed by atoms with van der Waals surface area (Å²) in [5.41, 5.74) is 2.50. The zero-order chi connectivity index (χ0) is 18.9. The van der Waals surface area contributed by atoms with E-state index in [4.69, 9.17) is 4.74 Å². The topological polar surface area (TPSA) is 58.6 Å². The molecule has 1 unspecified atom stereocenters. The van der Waals surface area contributed by atoms with Crippen molar-refractivity contribution in [3.05, 3.63) is 59.7 Å². The monoisotopic (exact) mass is 352 g/mol. The zero-order valence-corrected chi connectivity index (χ0v) is 15.6. The van der Waals surface area contributed by atoms with E-state index in [1.807, 2.05) is 36.4 Å². The molecule has 5 nitrogen and oxygen atoms in total. The zero-order valence-electron chi connectivity index (χ0n) is 15.6. The van der Waals surface area contributed by atoms with Crippen molar-refractivity contribution in [3.63, 3.8) is 0 Å². The number of nitrogens with one attached hydrogen (secondary N) is 1. The molecule has 0 aromatic heterocycles. The predicted octanol–water partition coefficient (Wildman–Crippen LogP) is 3.14. The number of rotatable bonds is 3. The van der Waals surface area contributed by atoms with Gasteiger partial charge in [0.15, 0.2) is 6.10 Å². The van der Waals surface area contributed by atoms with Gasteiger partial charge in [-0.05, 0) is 35.2 Å². The van der Waals surface area contributed by atoms with Crippen LogP contribution >= 0.6 is 0 Å². The average Bonchev–Trinajstić information content (AvgIpc) is 2.62. The van der Waals surface area contributed by atoms with Gasteiger partial charge in [0, 0.05) is 12.6 Å². The minimum atomic E-state index is -0.729. The quantitative estimate of drug-likeness (QED) is 0.923. The van der Waals surface area contributed by atoms with Crippen LogP contribution in [0.3, 0.4) is 0 Å². The van der Waals surface area contributed by atoms with E-state index in [9.17, 15) is 9.59 Å². The summed E-state index contributed by atoms with van der Waals surface area (Å²) in [6.07, 6.45) is -0.729. The highest BCUT2D eigenvalue weighted by atomic mass is 16.5. The number of anilines is 1. The second-order valence-corrected chi connectivity index (χ2v) is 7.51. The average molecular weight is 352 g/mol. The van der Waals surface area contributed by atoms with E-state index in [0.717, 1.165) is 11.3 Å². The van der Waals surface area contributed by atoms with Crippen LogP contribution in [0.4, 0.5) is 5.69 Å². The fraction of sp³-hybridized carbons (Fsp3) is 0.333. The third-order valence-corrected chi connectivity index (χ3v) is 4.56. The van der Waals surface area contributed by atoms with Gasteiger partial charge in [-0.25, -0.2) is 0 Å². The van der Waals surface area contributed by atoms with Gasteiger partial charge in [-0.3, -0.25) is 9.59 Å². The normalized spacial score (nSPS) is 16.7. The van der Waals surface area contributed by atoms with E-state index in [1.54, 1.807) is 24.1 Å². The molecule has 2 aromatic carbocycles. The third-order valence-electron chi connectivity index (χ3n) is 4.56. The second-order valence-electron chi connectivity index (χ2n) is 7.51. The largest absolute Gasteiger partial charge is 0.477 e. The molecule has 136 valence electrons. The van der Waals surface area contributed by atoms with Crippen LogP contribution in [0, 0.1) is 0 Å². The summed E-state index contributed by atoms with van der Waals surface area (Å²) in [5.74, 6) is 0.249. The SMILES string of the molecule is CN1C(=O)C(CNC(=O)c2ccc(C(C)(C)C)cc2)Oc2ccccc21. The van der Waals surface area contributed by atoms with Crippen molar-refractivity contribution < 1.29 is 14.3 Å². The predicted molar refractivity (Wildman–Crippen MR) is 102 cm³/mol. The number of carbonyl (C=O) groups excluding carboxylic acids is 2. The Morgan fingerprint density at radius 3 is 2.42 bits per heavy atom. The van der Waals surface area contributed by atoms with Crippen molar-refractivity contribution in [2.75, 3.05) is 18.5 Å². The Bertz CT molecular complexity index is 822. The number of hydrogen-bond donors (Lipinski definition) is 1. The summed E-state index contributed by atoms with van der Waals surface area (Å²) < 4.78 is 5.76. The van der Waals surface area contributed by atoms with Crippen LogP contribution < -0.4 is 15.0 Å². The van der Waals surface area contributed by atoms with Gasteiger partial charge in [-0.1, -0.05) is 45.0 Å². The molecule has 0 saturated carbocycles. The van der Waals surface area contributed by atoms with Gasteiger partial charge in [0.25, 0.3) is 11.8 Å². The number of carbonyl (C=O) groups is 2. The van der Waals surface area contributed by atoms with Gasteiger partial charge in [0.05, 0.1) is 12.2 Å². The lowest BCUT2D eigenvalue weighted by atomic mass is 9.87. The maximum Gasteiger partial charge on any atom is 0.269 e. The van der Waals surface area contributed by atoms with Crippen LogP contribution in [0.15, 0.2) is 48.5 Å². The summed E-state index contributed by atoms with van der Waals surface area (Å²) >= 11 is 0. The summed E-state index contributed by atoms with van der Waals surface area (Å²) in [6, 6.07) is 14.9. The molecule has 3 rings (SSSR count). The van der Waals surface area contributed by atoms with Crippen molar-refractivity contribution in [2.24, 2.45) is 0 Å². The van der Waals surface area contributed by atoms with E-state index >= 15 is 0 Å². The number of amides is 2. The van der Waals surface area contributed by atoms with Crippen molar-refractivity contribution in [1.29, 1.82) is 0 Å². The molecule has 5 heteroatoms. The molecule has 2 amide bonds. The molecule has 1 aliphatic heterocycles. The number of ether oxygens (including phenoxy) is 1. The summed E-state index contributed by atoms with van der Waals surface area (Å²) in [7, 11) is 1.71. The highest BCUT2D eigenvalue weighted by Crippen LogP contribution is 2.32. The Kier molecular flexibility index (Phi) is 4.72. The molecule has 1 heterocycles. The third kappa shape index (κ3) is 3.57. The summed E-state index contributed by atoms with van der Waals surface area (Å²) in [5, 5.41) is 2.80. The van der Waals surface area contributed by atoms with Crippen molar-refractivity contribution in [3.8, 4) is 5.75 Å². The second kappa shape index (κ2) is 6.83. The van der Waals surface area contributed by atoms with Crippen LogP contribution in [0.2, 0.25) is 0 Å². The van der Waals surface area contributed by atoms with E-state index in [-0.39, 0.29) is 23.8 Å². The molecule has 2 aromatic rings. The molecular formula is C21H24N2O3. The van der Waals surface area contributed by atoms with Gasteiger partial charge < -0.3 is 15.0 Å². The molecule has 1 atom stereocenters. The fourth-order valence-corrected chi connectivity index (χ4v) is 2.91. The first-order valence-electron chi connectivity index (χ1n) is 8.69. The van der Waals surface area contributed by atoms with Crippen LogP contribution in [0.5, 0.6) is 5.75 Å². The lowest BCUT2D eigenvalue weighted by Gasteiger charge is -2.31. The fourth-order valence-electron chi connectivity index (χ4n) is 2.91. The molecule has 26 heavy (non-hydrogen) atoms. The summed E-state index contributed by atoms with van der Waals surface area (Å²) in [6.45, 7) is 6.50. The van der Waals surface area contributed by atoms with Crippen LogP contribution in [-0.2, 0) is 10.2 Å². The van der Waals surface area contributed by atoms with Crippen LogP contribution in [-0.4, -0.2) is 31.5 Å². The minimum Gasteiger partial charge on any atom is -0.477 e. The van der Waals surface area contributed by atoms with Gasteiger partial charge in [0.1, 0.15) is 5.75 Å². The lowest BCUT2D eigenvalue weighted by molar-refractivity contribution is -0.125. The highest BCUT2D eigenvalue weighted by molar-refractivity contribution is 6.00. The van der Waals surface area contributed by atoms with Gasteiger partial charge in [-0.15, -0.1) is 0 Å². The van der Waals surface area contributed by atoms with E-state index in [1.165, 1.54) is 0 Å². The number of benzene rings is 2. The molecule has 0 bridgehead atoms. The first-order chi connectivity index (χ1) is 12.3. The molecule has 0 aliphatic carbocycles. The van der Waals surface area contributed by atoms with Crippen LogP contribution in [0.1, 0.15) is 36.7 Å². The maximum absolute atomic E-state index is 12.4. The Labute approximate surface area is 154 Å². The Morgan fingerprint density at radius 2 is 1.77 bits per heavy atom. The van der Waals surface area contributed by atoms with Crippen LogP contribution in [0.25, 0.3) is 0 Å². The Balaban J connectivity index is 1.66. The van der Waals surface area contributed by atoms with Crippen molar-refractivity contribution >= 4 is 17.5 Å². The number of fused-ring (bicyclic) bond motifs is 1. The van der Waals surface area contributed by atoms with Gasteiger partial charge in [0.2, 0.25) is 0 Å². The van der Waals surface area contributed by atoms with E-state index < -0.39 is 6.10 Å². The smallest absolute Gasteiger partial charge is 0.269 e. The van der Waals surface area contributed by atoms with Crippen molar-refractivity contribution in [1.82, 2.24) is 5.32 Å². The Morgan fingerprint density at radius 1 is 1.12 bits per heavy atom. The summed E-state index contributed by atoms with van der Waals surface area (Å²) in [4.78, 5) is 26.4. The number of para-hydroxylation sites is 2. The number of likely N-dealkylation sites (N-methyl/N-ethyl adjacent to an activating group) is 1. The van der Waals surface area contributed by atoms with E-state index in [2.05, 4.69) is 26.1 Å². The first kappa shape index (κ1) is 18.0. The first-order valence-corrected chi connectivity index (χ1v) is 8.69. The minimum absolute atomic E-state index is 0.0370.